The summed E-state index contributed by atoms with van der Waals surface area (Å²) in [5.41, 5.74) is 8.34. The molecule has 0 aliphatic carbocycles. The van der Waals surface area contributed by atoms with Gasteiger partial charge in [0.05, 0.1) is 11.5 Å². The predicted octanol–water partition coefficient (Wildman–Crippen LogP) is 5.45. The topological polar surface area (TPSA) is 94.6 Å². The van der Waals surface area contributed by atoms with Crippen molar-refractivity contribution in [3.05, 3.63) is 112 Å². The second-order valence-corrected chi connectivity index (χ2v) is 8.11. The van der Waals surface area contributed by atoms with Crippen LogP contribution in [0.15, 0.2) is 95.3 Å². The van der Waals surface area contributed by atoms with Crippen molar-refractivity contribution in [1.82, 2.24) is 0 Å². The highest BCUT2D eigenvalue weighted by molar-refractivity contribution is 9.10. The first-order valence-electron chi connectivity index (χ1n) is 10.0. The van der Waals surface area contributed by atoms with Gasteiger partial charge in [0.1, 0.15) is 35.5 Å². The number of nitriles is 1. The van der Waals surface area contributed by atoms with Crippen LogP contribution in [0.5, 0.6) is 17.2 Å². The van der Waals surface area contributed by atoms with Crippen molar-refractivity contribution in [1.29, 1.82) is 5.26 Å². The minimum absolute atomic E-state index is 0.00352. The molecule has 2 N–H and O–H groups in total. The second kappa shape index (κ2) is 9.63. The van der Waals surface area contributed by atoms with E-state index in [1.807, 2.05) is 24.3 Å². The molecule has 0 spiro atoms. The van der Waals surface area contributed by atoms with Gasteiger partial charge in [-0.3, -0.25) is 0 Å². The van der Waals surface area contributed by atoms with Crippen molar-refractivity contribution in [3.8, 4) is 23.3 Å². The van der Waals surface area contributed by atoms with Crippen LogP contribution in [0.1, 0.15) is 27.4 Å². The van der Waals surface area contributed by atoms with Crippen LogP contribution in [-0.4, -0.2) is 12.6 Å². The van der Waals surface area contributed by atoms with Crippen LogP contribution in [0.2, 0.25) is 0 Å². The molecule has 1 heterocycles. The summed E-state index contributed by atoms with van der Waals surface area (Å²) in [7, 11) is 0. The lowest BCUT2D eigenvalue weighted by atomic mass is 9.83. The van der Waals surface area contributed by atoms with Gasteiger partial charge in [0.2, 0.25) is 5.88 Å². The van der Waals surface area contributed by atoms with Gasteiger partial charge in [-0.1, -0.05) is 46.8 Å². The Morgan fingerprint density at radius 3 is 2.67 bits per heavy atom. The number of allylic oxidation sites excluding steroid dienone is 1. The molecule has 164 valence electrons. The molecule has 1 aliphatic rings. The standard InChI is InChI=1S/C26H19BrN2O4/c1-2-12-31-19-5-3-4-17(13-19)24-21-11-10-20(14-23(21)33-25(29)22(24)15-28)32-26(30)16-6-8-18(27)9-7-16/h2-11,13-14,24H,1,12,29H2. The van der Waals surface area contributed by atoms with Crippen molar-refractivity contribution in [3.63, 3.8) is 0 Å². The highest BCUT2D eigenvalue weighted by Gasteiger charge is 2.31. The molecule has 1 unspecified atom stereocenters. The summed E-state index contributed by atoms with van der Waals surface area (Å²) in [6, 6.07) is 21.5. The summed E-state index contributed by atoms with van der Waals surface area (Å²) in [5, 5.41) is 9.76. The minimum Gasteiger partial charge on any atom is -0.490 e. The fourth-order valence-corrected chi connectivity index (χ4v) is 3.80. The Bertz CT molecular complexity index is 1290. The van der Waals surface area contributed by atoms with Crippen LogP contribution < -0.4 is 19.9 Å². The number of carbonyl (C=O) groups excluding carboxylic acids is 1. The largest absolute Gasteiger partial charge is 0.490 e. The average Bonchev–Trinajstić information content (AvgIpc) is 2.82. The number of fused-ring (bicyclic) bond motifs is 1. The summed E-state index contributed by atoms with van der Waals surface area (Å²) in [5.74, 6) is 0.414. The summed E-state index contributed by atoms with van der Waals surface area (Å²) in [6.45, 7) is 4.02. The number of halogens is 1. The average molecular weight is 503 g/mol. The van der Waals surface area contributed by atoms with Crippen LogP contribution in [0, 0.1) is 11.3 Å². The molecule has 0 bridgehead atoms. The Morgan fingerprint density at radius 1 is 1.15 bits per heavy atom. The lowest BCUT2D eigenvalue weighted by Gasteiger charge is -2.27. The van der Waals surface area contributed by atoms with Gasteiger partial charge in [0.25, 0.3) is 0 Å². The maximum atomic E-state index is 12.5. The van der Waals surface area contributed by atoms with Crippen LogP contribution in [-0.2, 0) is 0 Å². The molecule has 1 atom stereocenters. The summed E-state index contributed by atoms with van der Waals surface area (Å²) in [6.07, 6.45) is 1.66. The molecule has 1 aliphatic heterocycles. The highest BCUT2D eigenvalue weighted by atomic mass is 79.9. The third-order valence-electron chi connectivity index (χ3n) is 5.04. The lowest BCUT2D eigenvalue weighted by Crippen LogP contribution is -2.21. The Balaban J connectivity index is 1.67. The van der Waals surface area contributed by atoms with E-state index in [1.54, 1.807) is 48.5 Å². The second-order valence-electron chi connectivity index (χ2n) is 7.19. The molecular weight excluding hydrogens is 484 g/mol. The number of hydrogen-bond donors (Lipinski definition) is 1. The third-order valence-corrected chi connectivity index (χ3v) is 5.57. The molecule has 3 aromatic rings. The van der Waals surface area contributed by atoms with E-state index in [4.69, 9.17) is 19.9 Å². The van der Waals surface area contributed by atoms with Crippen LogP contribution in [0.3, 0.4) is 0 Å². The molecule has 7 heteroatoms. The first-order chi connectivity index (χ1) is 16.0. The van der Waals surface area contributed by atoms with Gasteiger partial charge in [0, 0.05) is 16.1 Å². The van der Waals surface area contributed by atoms with Crippen molar-refractivity contribution in [2.24, 2.45) is 5.73 Å². The van der Waals surface area contributed by atoms with Gasteiger partial charge >= 0.3 is 5.97 Å². The smallest absolute Gasteiger partial charge is 0.343 e. The van der Waals surface area contributed by atoms with Crippen LogP contribution in [0.25, 0.3) is 0 Å². The SMILES string of the molecule is C=CCOc1cccc(C2C(C#N)=C(N)Oc3cc(OC(=O)c4ccc(Br)cc4)ccc32)c1. The monoisotopic (exact) mass is 502 g/mol. The Labute approximate surface area is 199 Å². The van der Waals surface area contributed by atoms with E-state index < -0.39 is 11.9 Å². The molecule has 4 rings (SSSR count). The molecule has 0 aromatic heterocycles. The van der Waals surface area contributed by atoms with Crippen molar-refractivity contribution in [2.75, 3.05) is 6.61 Å². The summed E-state index contributed by atoms with van der Waals surface area (Å²) >= 11 is 3.34. The van der Waals surface area contributed by atoms with Gasteiger partial charge in [-0.15, -0.1) is 0 Å². The number of nitrogens with two attached hydrogens (primary N) is 1. The van der Waals surface area contributed by atoms with E-state index in [2.05, 4.69) is 28.6 Å². The molecule has 3 aromatic carbocycles. The quantitative estimate of drug-likeness (QED) is 0.273. The molecule has 6 nitrogen and oxygen atoms in total. The molecule has 0 radical (unpaired) electrons. The van der Waals surface area contributed by atoms with E-state index >= 15 is 0 Å². The molecule has 0 saturated carbocycles. The zero-order valence-corrected chi connectivity index (χ0v) is 19.0. The number of carbonyl (C=O) groups is 1. The van der Waals surface area contributed by atoms with E-state index in [1.165, 1.54) is 0 Å². The van der Waals surface area contributed by atoms with Crippen molar-refractivity contribution < 1.29 is 19.0 Å². The normalized spacial score (nSPS) is 14.5. The summed E-state index contributed by atoms with van der Waals surface area (Å²) in [4.78, 5) is 12.5. The molecule has 0 amide bonds. The summed E-state index contributed by atoms with van der Waals surface area (Å²) < 4.78 is 17.7. The zero-order valence-electron chi connectivity index (χ0n) is 17.5. The Kier molecular flexibility index (Phi) is 6.48. The van der Waals surface area contributed by atoms with Gasteiger partial charge in [0.15, 0.2) is 0 Å². The molecule has 0 saturated heterocycles. The molecule has 33 heavy (non-hydrogen) atoms. The molecule has 0 fully saturated rings. The van der Waals surface area contributed by atoms with Crippen LogP contribution in [0.4, 0.5) is 0 Å². The highest BCUT2D eigenvalue weighted by Crippen LogP contribution is 2.44. The number of esters is 1. The lowest BCUT2D eigenvalue weighted by molar-refractivity contribution is 0.0734. The van der Waals surface area contributed by atoms with Crippen molar-refractivity contribution >= 4 is 21.9 Å². The van der Waals surface area contributed by atoms with Gasteiger partial charge in [-0.2, -0.15) is 5.26 Å². The number of hydrogen-bond acceptors (Lipinski definition) is 6. The third kappa shape index (κ3) is 4.76. The fraction of sp³-hybridized carbons (Fsp3) is 0.0769. The number of rotatable bonds is 6. The Morgan fingerprint density at radius 2 is 1.94 bits per heavy atom. The first-order valence-corrected chi connectivity index (χ1v) is 10.8. The maximum Gasteiger partial charge on any atom is 0.343 e. The predicted molar refractivity (Wildman–Crippen MR) is 127 cm³/mol. The minimum atomic E-state index is -0.497. The fourth-order valence-electron chi connectivity index (χ4n) is 3.53. The van der Waals surface area contributed by atoms with Crippen molar-refractivity contribution in [2.45, 2.75) is 5.92 Å². The van der Waals surface area contributed by atoms with E-state index in [-0.39, 0.29) is 5.88 Å². The maximum absolute atomic E-state index is 12.5. The molecular formula is C26H19BrN2O4. The van der Waals surface area contributed by atoms with Gasteiger partial charge in [-0.05, 0) is 48.0 Å². The van der Waals surface area contributed by atoms with E-state index in [9.17, 15) is 10.1 Å². The van der Waals surface area contributed by atoms with E-state index in [0.29, 0.717) is 35.0 Å². The van der Waals surface area contributed by atoms with E-state index in [0.717, 1.165) is 15.6 Å². The van der Waals surface area contributed by atoms with Gasteiger partial charge < -0.3 is 19.9 Å². The number of benzene rings is 3. The van der Waals surface area contributed by atoms with Gasteiger partial charge in [-0.25, -0.2) is 4.79 Å². The number of ether oxygens (including phenoxy) is 3. The Hall–Kier alpha value is -4.02. The first kappa shape index (κ1) is 22.2. The van der Waals surface area contributed by atoms with Crippen LogP contribution >= 0.6 is 15.9 Å². The number of nitrogens with zero attached hydrogens (tertiary/aromatic N) is 1. The zero-order chi connectivity index (χ0) is 23.4.